The Morgan fingerprint density at radius 1 is 1.40 bits per heavy atom. The van der Waals surface area contributed by atoms with E-state index in [1.807, 2.05) is 31.5 Å². The predicted molar refractivity (Wildman–Crippen MR) is 84.5 cm³/mol. The number of ether oxygens (including phenoxy) is 1. The molecule has 4 heteroatoms. The van der Waals surface area contributed by atoms with Crippen LogP contribution >= 0.6 is 11.3 Å². The molecule has 0 saturated heterocycles. The van der Waals surface area contributed by atoms with Gasteiger partial charge in [0.25, 0.3) is 0 Å². The topological polar surface area (TPSA) is 34.1 Å². The molecular weight excluding hydrogens is 268 g/mol. The van der Waals surface area contributed by atoms with Gasteiger partial charge in [-0.2, -0.15) is 0 Å². The van der Waals surface area contributed by atoms with Gasteiger partial charge in [0.1, 0.15) is 5.75 Å². The molecule has 0 aliphatic carbocycles. The number of nitrogens with one attached hydrogen (secondary N) is 1. The smallest absolute Gasteiger partial charge is 0.137 e. The van der Waals surface area contributed by atoms with Gasteiger partial charge in [-0.05, 0) is 56.3 Å². The van der Waals surface area contributed by atoms with Crippen molar-refractivity contribution in [2.75, 3.05) is 13.7 Å². The zero-order valence-electron chi connectivity index (χ0n) is 12.1. The third kappa shape index (κ3) is 4.32. The maximum atomic E-state index is 5.52. The highest BCUT2D eigenvalue weighted by Crippen LogP contribution is 2.23. The van der Waals surface area contributed by atoms with Gasteiger partial charge in [0.2, 0.25) is 0 Å². The second-order valence-electron chi connectivity index (χ2n) is 4.70. The molecule has 1 N–H and O–H groups in total. The minimum absolute atomic E-state index is 0.336. The maximum absolute atomic E-state index is 5.52. The summed E-state index contributed by atoms with van der Waals surface area (Å²) in [4.78, 5) is 5.73. The van der Waals surface area contributed by atoms with Crippen molar-refractivity contribution in [1.29, 1.82) is 0 Å². The van der Waals surface area contributed by atoms with Crippen molar-refractivity contribution in [3.8, 4) is 5.75 Å². The SMILES string of the molecule is CCOc1cncc(C(CCCc2cccs2)NC)c1. The molecule has 2 heterocycles. The van der Waals surface area contributed by atoms with E-state index in [9.17, 15) is 0 Å². The molecule has 2 aromatic rings. The van der Waals surface area contributed by atoms with Crippen LogP contribution in [0.4, 0.5) is 0 Å². The normalized spacial score (nSPS) is 12.3. The van der Waals surface area contributed by atoms with Gasteiger partial charge in [-0.1, -0.05) is 6.07 Å². The van der Waals surface area contributed by atoms with Crippen molar-refractivity contribution < 1.29 is 4.74 Å². The predicted octanol–water partition coefficient (Wildman–Crippen LogP) is 3.83. The van der Waals surface area contributed by atoms with Crippen molar-refractivity contribution in [2.24, 2.45) is 0 Å². The molecule has 0 aliphatic rings. The number of thiophene rings is 1. The number of rotatable bonds is 8. The highest BCUT2D eigenvalue weighted by atomic mass is 32.1. The van der Waals surface area contributed by atoms with Crippen LogP contribution in [0.3, 0.4) is 0 Å². The van der Waals surface area contributed by atoms with Crippen LogP contribution in [0, 0.1) is 0 Å². The fourth-order valence-corrected chi connectivity index (χ4v) is 3.04. The van der Waals surface area contributed by atoms with Crippen LogP contribution in [0.25, 0.3) is 0 Å². The van der Waals surface area contributed by atoms with E-state index in [1.165, 1.54) is 16.9 Å². The summed E-state index contributed by atoms with van der Waals surface area (Å²) in [5, 5.41) is 5.51. The van der Waals surface area contributed by atoms with E-state index in [4.69, 9.17) is 4.74 Å². The number of pyridine rings is 1. The standard InChI is InChI=1S/C16H22N2OS/c1-3-19-14-10-13(11-18-12-14)16(17-2)8-4-6-15-7-5-9-20-15/h5,7,9-12,16-17H,3-4,6,8H2,1-2H3. The molecule has 108 valence electrons. The molecule has 1 atom stereocenters. The molecule has 0 fully saturated rings. The molecule has 0 saturated carbocycles. The number of aryl methyl sites for hydroxylation is 1. The van der Waals surface area contributed by atoms with Crippen LogP contribution in [0.2, 0.25) is 0 Å². The first kappa shape index (κ1) is 15.0. The van der Waals surface area contributed by atoms with E-state index in [2.05, 4.69) is 33.9 Å². The van der Waals surface area contributed by atoms with Crippen LogP contribution < -0.4 is 10.1 Å². The fourth-order valence-electron chi connectivity index (χ4n) is 2.28. The summed E-state index contributed by atoms with van der Waals surface area (Å²) in [5.74, 6) is 0.850. The first-order chi connectivity index (χ1) is 9.83. The largest absolute Gasteiger partial charge is 0.492 e. The molecule has 2 aromatic heterocycles. The van der Waals surface area contributed by atoms with Crippen molar-refractivity contribution in [1.82, 2.24) is 10.3 Å². The zero-order chi connectivity index (χ0) is 14.2. The first-order valence-electron chi connectivity index (χ1n) is 7.11. The Morgan fingerprint density at radius 3 is 3.00 bits per heavy atom. The lowest BCUT2D eigenvalue weighted by Crippen LogP contribution is -2.16. The van der Waals surface area contributed by atoms with Gasteiger partial charge in [0, 0.05) is 17.1 Å². The fraction of sp³-hybridized carbons (Fsp3) is 0.438. The van der Waals surface area contributed by atoms with E-state index in [0.717, 1.165) is 18.6 Å². The molecule has 3 nitrogen and oxygen atoms in total. The molecule has 2 rings (SSSR count). The van der Waals surface area contributed by atoms with E-state index >= 15 is 0 Å². The molecule has 0 aromatic carbocycles. The van der Waals surface area contributed by atoms with Crippen molar-refractivity contribution >= 4 is 11.3 Å². The number of hydrogen-bond donors (Lipinski definition) is 1. The maximum Gasteiger partial charge on any atom is 0.137 e. The van der Waals surface area contributed by atoms with Crippen molar-refractivity contribution in [3.63, 3.8) is 0 Å². The minimum Gasteiger partial charge on any atom is -0.492 e. The summed E-state index contributed by atoms with van der Waals surface area (Å²) >= 11 is 1.83. The second-order valence-corrected chi connectivity index (χ2v) is 5.73. The lowest BCUT2D eigenvalue weighted by atomic mass is 10.0. The Labute approximate surface area is 125 Å². The summed E-state index contributed by atoms with van der Waals surface area (Å²) in [6.07, 6.45) is 7.12. The summed E-state index contributed by atoms with van der Waals surface area (Å²) in [6, 6.07) is 6.74. The molecule has 1 unspecified atom stereocenters. The summed E-state index contributed by atoms with van der Waals surface area (Å²) in [5.41, 5.74) is 1.20. The van der Waals surface area contributed by atoms with Gasteiger partial charge in [0.15, 0.2) is 0 Å². The summed E-state index contributed by atoms with van der Waals surface area (Å²) < 4.78 is 5.52. The third-order valence-electron chi connectivity index (χ3n) is 3.29. The monoisotopic (exact) mass is 290 g/mol. The number of aromatic nitrogens is 1. The summed E-state index contributed by atoms with van der Waals surface area (Å²) in [6.45, 7) is 2.66. The van der Waals surface area contributed by atoms with Gasteiger partial charge >= 0.3 is 0 Å². The number of hydrogen-bond acceptors (Lipinski definition) is 4. The van der Waals surface area contributed by atoms with Crippen LogP contribution in [-0.2, 0) is 6.42 Å². The van der Waals surface area contributed by atoms with Gasteiger partial charge in [-0.25, -0.2) is 0 Å². The molecule has 0 amide bonds. The van der Waals surface area contributed by atoms with E-state index in [1.54, 1.807) is 6.20 Å². The molecule has 0 bridgehead atoms. The van der Waals surface area contributed by atoms with Crippen LogP contribution in [0.15, 0.2) is 36.0 Å². The Kier molecular flexibility index (Phi) is 6.02. The Bertz CT molecular complexity index is 499. The average Bonchev–Trinajstić information content (AvgIpc) is 2.97. The van der Waals surface area contributed by atoms with Crippen LogP contribution in [-0.4, -0.2) is 18.6 Å². The van der Waals surface area contributed by atoms with E-state index in [0.29, 0.717) is 12.6 Å². The van der Waals surface area contributed by atoms with Crippen LogP contribution in [0.1, 0.15) is 36.2 Å². The van der Waals surface area contributed by atoms with E-state index in [-0.39, 0.29) is 0 Å². The Hall–Kier alpha value is -1.39. The van der Waals surface area contributed by atoms with Gasteiger partial charge in [0.05, 0.1) is 12.8 Å². The number of nitrogens with zero attached hydrogens (tertiary/aromatic N) is 1. The second kappa shape index (κ2) is 8.02. The minimum atomic E-state index is 0.336. The Morgan fingerprint density at radius 2 is 2.30 bits per heavy atom. The lowest BCUT2D eigenvalue weighted by molar-refractivity contribution is 0.337. The highest BCUT2D eigenvalue weighted by Gasteiger charge is 2.10. The van der Waals surface area contributed by atoms with Gasteiger partial charge in [-0.3, -0.25) is 4.98 Å². The molecule has 0 radical (unpaired) electrons. The molecule has 20 heavy (non-hydrogen) atoms. The lowest BCUT2D eigenvalue weighted by Gasteiger charge is -2.17. The van der Waals surface area contributed by atoms with Gasteiger partial charge < -0.3 is 10.1 Å². The molecule has 0 spiro atoms. The first-order valence-corrected chi connectivity index (χ1v) is 7.98. The quantitative estimate of drug-likeness (QED) is 0.802. The third-order valence-corrected chi connectivity index (χ3v) is 4.23. The average molecular weight is 290 g/mol. The van der Waals surface area contributed by atoms with Crippen molar-refractivity contribution in [2.45, 2.75) is 32.2 Å². The Balaban J connectivity index is 1.91. The molecule has 0 aliphatic heterocycles. The van der Waals surface area contributed by atoms with Crippen LogP contribution in [0.5, 0.6) is 5.75 Å². The van der Waals surface area contributed by atoms with Gasteiger partial charge in [-0.15, -0.1) is 11.3 Å². The van der Waals surface area contributed by atoms with Crippen molar-refractivity contribution in [3.05, 3.63) is 46.4 Å². The zero-order valence-corrected chi connectivity index (χ0v) is 13.0. The summed E-state index contributed by atoms with van der Waals surface area (Å²) in [7, 11) is 2.00. The molecular formula is C16H22N2OS. The highest BCUT2D eigenvalue weighted by molar-refractivity contribution is 7.09. The van der Waals surface area contributed by atoms with E-state index < -0.39 is 0 Å².